The van der Waals surface area contributed by atoms with Gasteiger partial charge in [0.15, 0.2) is 0 Å². The predicted molar refractivity (Wildman–Crippen MR) is 95.0 cm³/mol. The lowest BCUT2D eigenvalue weighted by Gasteiger charge is -2.15. The molecule has 2 aromatic rings. The Kier molecular flexibility index (Phi) is 6.23. The largest absolute Gasteiger partial charge is 0.457 e. The van der Waals surface area contributed by atoms with E-state index in [2.05, 4.69) is 9.88 Å². The van der Waals surface area contributed by atoms with E-state index in [0.717, 1.165) is 23.9 Å². The summed E-state index contributed by atoms with van der Waals surface area (Å²) in [6, 6.07) is 5.16. The molecule has 132 valence electrons. The van der Waals surface area contributed by atoms with Crippen molar-refractivity contribution < 1.29 is 14.3 Å². The van der Waals surface area contributed by atoms with E-state index in [9.17, 15) is 4.79 Å². The van der Waals surface area contributed by atoms with E-state index >= 15 is 0 Å². The van der Waals surface area contributed by atoms with Gasteiger partial charge in [0.25, 0.3) is 0 Å². The van der Waals surface area contributed by atoms with Crippen molar-refractivity contribution in [1.82, 2.24) is 9.88 Å². The number of aromatic nitrogens is 1. The van der Waals surface area contributed by atoms with Gasteiger partial charge in [0.1, 0.15) is 11.8 Å². The highest BCUT2D eigenvalue weighted by atomic mass is 16.7. The predicted octanol–water partition coefficient (Wildman–Crippen LogP) is 2.13. The average molecular weight is 333 g/mol. The average Bonchev–Trinajstić information content (AvgIpc) is 2.96. The van der Waals surface area contributed by atoms with Crippen molar-refractivity contribution in [3.05, 3.63) is 30.0 Å². The summed E-state index contributed by atoms with van der Waals surface area (Å²) >= 11 is 0. The summed E-state index contributed by atoms with van der Waals surface area (Å²) < 4.78 is 10.8. The van der Waals surface area contributed by atoms with Crippen LogP contribution < -0.4 is 10.5 Å². The van der Waals surface area contributed by atoms with Crippen molar-refractivity contribution in [2.75, 3.05) is 27.4 Å². The van der Waals surface area contributed by atoms with E-state index in [0.29, 0.717) is 5.75 Å². The molecule has 0 aliphatic rings. The Bertz CT molecular complexity index is 679. The molecule has 2 rings (SSSR count). The molecule has 0 radical (unpaired) electrons. The molecule has 0 aliphatic heterocycles. The number of carbonyl (C=O) groups excluding carboxylic acids is 1. The molecule has 0 unspecified atom stereocenters. The first-order valence-corrected chi connectivity index (χ1v) is 8.19. The molecule has 1 atom stereocenters. The third kappa shape index (κ3) is 4.49. The number of hydrogen-bond acceptors (Lipinski definition) is 5. The lowest BCUT2D eigenvalue weighted by atomic mass is 10.1. The molecule has 6 nitrogen and oxygen atoms in total. The molecule has 0 saturated heterocycles. The fourth-order valence-corrected chi connectivity index (χ4v) is 2.40. The van der Waals surface area contributed by atoms with Gasteiger partial charge >= 0.3 is 5.97 Å². The van der Waals surface area contributed by atoms with E-state index in [1.54, 1.807) is 0 Å². The molecule has 0 bridgehead atoms. The Balaban J connectivity index is 2.06. The Morgan fingerprint density at radius 1 is 1.33 bits per heavy atom. The van der Waals surface area contributed by atoms with Crippen LogP contribution in [0.5, 0.6) is 5.75 Å². The van der Waals surface area contributed by atoms with Crippen LogP contribution >= 0.6 is 0 Å². The number of ether oxygens (including phenoxy) is 2. The molecule has 1 heterocycles. The van der Waals surface area contributed by atoms with Gasteiger partial charge in [0, 0.05) is 23.6 Å². The standard InChI is InChI=1S/C18H27N3O3/c1-12(2)17(19)18(22)24-11-23-15-7-5-6-14-16(15)13(10-20-14)8-9-21(3)4/h5-7,10,12,17,20H,8-9,11,19H2,1-4H3/t17-/m0/s1. The van der Waals surface area contributed by atoms with Crippen LogP contribution in [0.25, 0.3) is 10.9 Å². The summed E-state index contributed by atoms with van der Waals surface area (Å²) in [6.07, 6.45) is 2.91. The molecular weight excluding hydrogens is 306 g/mol. The van der Waals surface area contributed by atoms with Gasteiger partial charge in [0.2, 0.25) is 6.79 Å². The SMILES string of the molecule is CC(C)[C@H](N)C(=O)OCOc1cccc2[nH]cc(CCN(C)C)c12. The quantitative estimate of drug-likeness (QED) is 0.571. The number of hydrogen-bond donors (Lipinski definition) is 2. The van der Waals surface area contributed by atoms with Crippen LogP contribution in [0.1, 0.15) is 19.4 Å². The molecule has 0 saturated carbocycles. The summed E-state index contributed by atoms with van der Waals surface area (Å²) in [6.45, 7) is 4.56. The van der Waals surface area contributed by atoms with Crippen LogP contribution in [-0.2, 0) is 16.0 Å². The highest BCUT2D eigenvalue weighted by Gasteiger charge is 2.19. The Labute approximate surface area is 142 Å². The van der Waals surface area contributed by atoms with Gasteiger partial charge in [-0.3, -0.25) is 4.79 Å². The topological polar surface area (TPSA) is 80.6 Å². The molecule has 6 heteroatoms. The monoisotopic (exact) mass is 333 g/mol. The number of nitrogens with two attached hydrogens (primary N) is 1. The zero-order valence-electron chi connectivity index (χ0n) is 14.8. The number of nitrogens with one attached hydrogen (secondary N) is 1. The third-order valence-corrected chi connectivity index (χ3v) is 3.98. The number of H-pyrrole nitrogens is 1. The van der Waals surface area contributed by atoms with Gasteiger partial charge < -0.3 is 25.1 Å². The highest BCUT2D eigenvalue weighted by molar-refractivity contribution is 5.89. The smallest absolute Gasteiger partial charge is 0.326 e. The van der Waals surface area contributed by atoms with Crippen LogP contribution in [0.3, 0.4) is 0 Å². The minimum Gasteiger partial charge on any atom is -0.457 e. The Morgan fingerprint density at radius 2 is 2.08 bits per heavy atom. The van der Waals surface area contributed by atoms with Crippen molar-refractivity contribution in [2.45, 2.75) is 26.3 Å². The van der Waals surface area contributed by atoms with Crippen LogP contribution in [0, 0.1) is 5.92 Å². The molecule has 3 N–H and O–H groups in total. The number of carbonyl (C=O) groups is 1. The first-order valence-electron chi connectivity index (χ1n) is 8.19. The van der Waals surface area contributed by atoms with Gasteiger partial charge in [0.05, 0.1) is 0 Å². The van der Waals surface area contributed by atoms with Crippen molar-refractivity contribution in [3.63, 3.8) is 0 Å². The number of likely N-dealkylation sites (N-methyl/N-ethyl adjacent to an activating group) is 1. The minimum absolute atomic E-state index is 0.0308. The van der Waals surface area contributed by atoms with E-state index in [1.807, 2.05) is 52.3 Å². The number of nitrogens with zero attached hydrogens (tertiary/aromatic N) is 1. The van der Waals surface area contributed by atoms with Crippen molar-refractivity contribution in [1.29, 1.82) is 0 Å². The third-order valence-electron chi connectivity index (χ3n) is 3.98. The summed E-state index contributed by atoms with van der Waals surface area (Å²) in [4.78, 5) is 17.2. The normalized spacial score (nSPS) is 12.8. The zero-order chi connectivity index (χ0) is 17.7. The molecule has 24 heavy (non-hydrogen) atoms. The van der Waals surface area contributed by atoms with Gasteiger partial charge in [-0.25, -0.2) is 0 Å². The van der Waals surface area contributed by atoms with Crippen molar-refractivity contribution >= 4 is 16.9 Å². The van der Waals surface area contributed by atoms with Crippen molar-refractivity contribution in [2.24, 2.45) is 11.7 Å². The van der Waals surface area contributed by atoms with Gasteiger partial charge in [-0.1, -0.05) is 19.9 Å². The molecule has 0 amide bonds. The molecule has 0 spiro atoms. The highest BCUT2D eigenvalue weighted by Crippen LogP contribution is 2.29. The lowest BCUT2D eigenvalue weighted by Crippen LogP contribution is -2.37. The van der Waals surface area contributed by atoms with Crippen LogP contribution in [-0.4, -0.2) is 49.3 Å². The summed E-state index contributed by atoms with van der Waals surface area (Å²) in [5.74, 6) is 0.288. The molecule has 0 fully saturated rings. The van der Waals surface area contributed by atoms with Crippen LogP contribution in [0.15, 0.2) is 24.4 Å². The molecule has 1 aromatic heterocycles. The van der Waals surface area contributed by atoms with Crippen molar-refractivity contribution in [3.8, 4) is 5.75 Å². The zero-order valence-corrected chi connectivity index (χ0v) is 14.8. The summed E-state index contributed by atoms with van der Waals surface area (Å²) in [7, 11) is 4.09. The maximum Gasteiger partial charge on any atom is 0.326 e. The van der Waals surface area contributed by atoms with Gasteiger partial charge in [-0.2, -0.15) is 0 Å². The number of aromatic amines is 1. The Morgan fingerprint density at radius 3 is 2.75 bits per heavy atom. The van der Waals surface area contributed by atoms with E-state index in [4.69, 9.17) is 15.2 Å². The molecular formula is C18H27N3O3. The minimum atomic E-state index is -0.632. The fourth-order valence-electron chi connectivity index (χ4n) is 2.40. The first-order chi connectivity index (χ1) is 11.4. The van der Waals surface area contributed by atoms with Crippen LogP contribution in [0.2, 0.25) is 0 Å². The number of esters is 1. The van der Waals surface area contributed by atoms with Crippen LogP contribution in [0.4, 0.5) is 0 Å². The number of fused-ring (bicyclic) bond motifs is 1. The summed E-state index contributed by atoms with van der Waals surface area (Å²) in [5, 5.41) is 1.03. The van der Waals surface area contributed by atoms with E-state index < -0.39 is 12.0 Å². The molecule has 1 aromatic carbocycles. The van der Waals surface area contributed by atoms with E-state index in [-0.39, 0.29) is 12.7 Å². The lowest BCUT2D eigenvalue weighted by molar-refractivity contribution is -0.152. The first kappa shape index (κ1) is 18.3. The molecule has 0 aliphatic carbocycles. The second-order valence-corrected chi connectivity index (χ2v) is 6.54. The summed E-state index contributed by atoms with van der Waals surface area (Å²) in [5.41, 5.74) is 7.95. The fraction of sp³-hybridized carbons (Fsp3) is 0.500. The van der Waals surface area contributed by atoms with Gasteiger partial charge in [-0.15, -0.1) is 0 Å². The maximum atomic E-state index is 11.8. The Hall–Kier alpha value is -2.05. The second-order valence-electron chi connectivity index (χ2n) is 6.54. The maximum absolute atomic E-state index is 11.8. The number of rotatable bonds is 8. The van der Waals surface area contributed by atoms with Gasteiger partial charge in [-0.05, 0) is 44.1 Å². The number of benzene rings is 1. The van der Waals surface area contributed by atoms with E-state index in [1.165, 1.54) is 5.56 Å². The second kappa shape index (κ2) is 8.17.